The molecule has 2 heterocycles. The number of hydrogen-bond acceptors (Lipinski definition) is 4. The molecular weight excluding hydrogens is 349 g/mol. The third-order valence-electron chi connectivity index (χ3n) is 5.52. The van der Waals surface area contributed by atoms with Crippen LogP contribution < -0.4 is 14.9 Å². The summed E-state index contributed by atoms with van der Waals surface area (Å²) in [5, 5.41) is 0. The molecule has 2 unspecified atom stereocenters. The van der Waals surface area contributed by atoms with Crippen molar-refractivity contribution in [2.24, 2.45) is 0 Å². The van der Waals surface area contributed by atoms with Gasteiger partial charge in [-0.05, 0) is 66.9 Å². The maximum absolute atomic E-state index is 12.6. The van der Waals surface area contributed by atoms with Crippen LogP contribution in [0.4, 0.5) is 0 Å². The molecule has 2 atom stereocenters. The molecule has 1 saturated heterocycles. The first-order chi connectivity index (χ1) is 11.8. The maximum atomic E-state index is 12.6. The zero-order valence-electron chi connectivity index (χ0n) is 17.1. The molecule has 1 aromatic carbocycles. The van der Waals surface area contributed by atoms with Crippen molar-refractivity contribution in [1.82, 2.24) is 4.72 Å². The fourth-order valence-corrected chi connectivity index (χ4v) is 3.87. The molecular formula is C19H30BNO4S. The van der Waals surface area contributed by atoms with E-state index < -0.39 is 23.6 Å². The van der Waals surface area contributed by atoms with Crippen LogP contribution in [0.25, 0.3) is 0 Å². The molecule has 0 amide bonds. The second-order valence-electron chi connectivity index (χ2n) is 9.45. The Morgan fingerprint density at radius 2 is 1.65 bits per heavy atom. The van der Waals surface area contributed by atoms with Gasteiger partial charge >= 0.3 is 7.12 Å². The van der Waals surface area contributed by atoms with E-state index in [1.165, 1.54) is 0 Å². The van der Waals surface area contributed by atoms with Crippen molar-refractivity contribution in [3.05, 3.63) is 23.8 Å². The van der Waals surface area contributed by atoms with Crippen molar-refractivity contribution in [3.63, 3.8) is 0 Å². The smallest absolute Gasteiger partial charge is 0.491 e. The summed E-state index contributed by atoms with van der Waals surface area (Å²) < 4.78 is 33.7. The fraction of sp³-hybridized carbons (Fsp3) is 0.684. The quantitative estimate of drug-likeness (QED) is 0.821. The monoisotopic (exact) mass is 379 g/mol. The molecule has 0 aromatic heterocycles. The largest absolute Gasteiger partial charge is 0.494 e. The number of benzene rings is 1. The van der Waals surface area contributed by atoms with E-state index in [0.717, 1.165) is 16.8 Å². The SMILES string of the molecule is CC1(NS(=O)C(C)(C)C)COc2cc(B3OC(C)(C)C(C)(C)O3)ccc21. The predicted octanol–water partition coefficient (Wildman–Crippen LogP) is 2.65. The minimum Gasteiger partial charge on any atom is -0.491 e. The molecule has 0 saturated carbocycles. The van der Waals surface area contributed by atoms with Crippen LogP contribution in [0.2, 0.25) is 0 Å². The second-order valence-corrected chi connectivity index (χ2v) is 11.4. The van der Waals surface area contributed by atoms with Gasteiger partial charge in [0.25, 0.3) is 0 Å². The normalized spacial score (nSPS) is 27.9. The van der Waals surface area contributed by atoms with Gasteiger partial charge in [0.05, 0.1) is 32.5 Å². The summed E-state index contributed by atoms with van der Waals surface area (Å²) >= 11 is 0. The van der Waals surface area contributed by atoms with Gasteiger partial charge in [0.15, 0.2) is 0 Å². The molecule has 0 aliphatic carbocycles. The first-order valence-electron chi connectivity index (χ1n) is 9.08. The van der Waals surface area contributed by atoms with E-state index in [1.807, 2.05) is 73.6 Å². The minimum atomic E-state index is -1.18. The van der Waals surface area contributed by atoms with Crippen LogP contribution in [-0.2, 0) is 25.8 Å². The topological polar surface area (TPSA) is 56.8 Å². The Balaban J connectivity index is 1.84. The third-order valence-corrected chi connectivity index (χ3v) is 7.26. The van der Waals surface area contributed by atoms with Crippen LogP contribution in [0.5, 0.6) is 5.75 Å². The van der Waals surface area contributed by atoms with Crippen LogP contribution in [0.1, 0.15) is 61.0 Å². The Labute approximate surface area is 159 Å². The third kappa shape index (κ3) is 3.35. The molecule has 3 rings (SSSR count). The van der Waals surface area contributed by atoms with Gasteiger partial charge in [0.1, 0.15) is 12.4 Å². The van der Waals surface area contributed by atoms with Crippen LogP contribution >= 0.6 is 0 Å². The van der Waals surface area contributed by atoms with Crippen molar-refractivity contribution < 1.29 is 18.3 Å². The van der Waals surface area contributed by atoms with E-state index in [4.69, 9.17) is 14.0 Å². The Bertz CT molecular complexity index is 728. The number of ether oxygens (including phenoxy) is 1. The van der Waals surface area contributed by atoms with E-state index in [1.54, 1.807) is 0 Å². The number of fused-ring (bicyclic) bond motifs is 1. The lowest BCUT2D eigenvalue weighted by atomic mass is 9.78. The Morgan fingerprint density at radius 3 is 2.19 bits per heavy atom. The molecule has 2 aliphatic heterocycles. The van der Waals surface area contributed by atoms with E-state index in [2.05, 4.69) is 4.72 Å². The molecule has 2 aliphatic rings. The summed E-state index contributed by atoms with van der Waals surface area (Å²) in [4.78, 5) is 0. The van der Waals surface area contributed by atoms with Gasteiger partial charge in [-0.15, -0.1) is 0 Å². The molecule has 1 N–H and O–H groups in total. The Hall–Kier alpha value is -0.885. The first kappa shape index (κ1) is 19.9. The first-order valence-corrected chi connectivity index (χ1v) is 10.2. The highest BCUT2D eigenvalue weighted by Gasteiger charge is 2.52. The summed E-state index contributed by atoms with van der Waals surface area (Å²) in [6.07, 6.45) is 0. The van der Waals surface area contributed by atoms with Crippen LogP contribution in [0.15, 0.2) is 18.2 Å². The molecule has 5 nitrogen and oxygen atoms in total. The zero-order chi connectivity index (χ0) is 19.5. The van der Waals surface area contributed by atoms with Crippen molar-refractivity contribution in [2.75, 3.05) is 6.61 Å². The average Bonchev–Trinajstić information content (AvgIpc) is 2.92. The standard InChI is InChI=1S/C19H30BNO4S/c1-16(2,3)26(22)21-19(8)12-23-15-11-13(9-10-14(15)19)20-24-17(4,5)18(6,7)25-20/h9-11,21H,12H2,1-8H3. The lowest BCUT2D eigenvalue weighted by Crippen LogP contribution is -2.47. The van der Waals surface area contributed by atoms with E-state index >= 15 is 0 Å². The van der Waals surface area contributed by atoms with E-state index in [-0.39, 0.29) is 15.9 Å². The van der Waals surface area contributed by atoms with Gasteiger partial charge in [0.2, 0.25) is 0 Å². The summed E-state index contributed by atoms with van der Waals surface area (Å²) in [6, 6.07) is 6.01. The summed E-state index contributed by atoms with van der Waals surface area (Å²) in [5.41, 5.74) is 0.704. The Kier molecular flexibility index (Phi) is 4.63. The zero-order valence-corrected chi connectivity index (χ0v) is 17.9. The lowest BCUT2D eigenvalue weighted by molar-refractivity contribution is 0.00578. The van der Waals surface area contributed by atoms with E-state index in [0.29, 0.717) is 6.61 Å². The number of hydrogen-bond donors (Lipinski definition) is 1. The summed E-state index contributed by atoms with van der Waals surface area (Å²) in [7, 11) is -1.60. The maximum Gasteiger partial charge on any atom is 0.494 e. The number of rotatable bonds is 3. The van der Waals surface area contributed by atoms with Gasteiger partial charge in [-0.3, -0.25) is 0 Å². The van der Waals surface area contributed by atoms with Gasteiger partial charge in [-0.2, -0.15) is 0 Å². The second kappa shape index (κ2) is 6.06. The molecule has 0 spiro atoms. The number of nitrogens with one attached hydrogen (secondary N) is 1. The Morgan fingerprint density at radius 1 is 1.08 bits per heavy atom. The van der Waals surface area contributed by atoms with Gasteiger partial charge in [-0.25, -0.2) is 8.93 Å². The summed E-state index contributed by atoms with van der Waals surface area (Å²) in [5.74, 6) is 0.790. The van der Waals surface area contributed by atoms with Crippen molar-refractivity contribution in [3.8, 4) is 5.75 Å². The van der Waals surface area contributed by atoms with Crippen molar-refractivity contribution in [1.29, 1.82) is 0 Å². The van der Waals surface area contributed by atoms with Crippen molar-refractivity contribution in [2.45, 2.75) is 76.9 Å². The predicted molar refractivity (Wildman–Crippen MR) is 106 cm³/mol. The molecule has 26 heavy (non-hydrogen) atoms. The van der Waals surface area contributed by atoms with Crippen LogP contribution in [0.3, 0.4) is 0 Å². The van der Waals surface area contributed by atoms with Crippen molar-refractivity contribution >= 4 is 23.6 Å². The molecule has 0 radical (unpaired) electrons. The molecule has 1 aromatic rings. The molecule has 1 fully saturated rings. The highest BCUT2D eigenvalue weighted by Crippen LogP contribution is 2.39. The van der Waals surface area contributed by atoms with Gasteiger partial charge < -0.3 is 14.0 Å². The van der Waals surface area contributed by atoms with Gasteiger partial charge in [0, 0.05) is 5.56 Å². The summed E-state index contributed by atoms with van der Waals surface area (Å²) in [6.45, 7) is 16.5. The highest BCUT2D eigenvalue weighted by atomic mass is 32.2. The van der Waals surface area contributed by atoms with Crippen LogP contribution in [0, 0.1) is 0 Å². The lowest BCUT2D eigenvalue weighted by Gasteiger charge is -2.32. The molecule has 0 bridgehead atoms. The molecule has 7 heteroatoms. The highest BCUT2D eigenvalue weighted by molar-refractivity contribution is 7.84. The fourth-order valence-electron chi connectivity index (χ4n) is 2.98. The average molecular weight is 379 g/mol. The minimum absolute atomic E-state index is 0.339. The molecule has 144 valence electrons. The van der Waals surface area contributed by atoms with Gasteiger partial charge in [-0.1, -0.05) is 12.1 Å². The van der Waals surface area contributed by atoms with E-state index in [9.17, 15) is 4.21 Å². The van der Waals surface area contributed by atoms with Crippen LogP contribution in [-0.4, -0.2) is 33.9 Å².